The molecule has 46 heavy (non-hydrogen) atoms. The summed E-state index contributed by atoms with van der Waals surface area (Å²) in [6.45, 7) is 11.3. The van der Waals surface area contributed by atoms with Crippen LogP contribution in [-0.4, -0.2) is 101 Å². The normalized spacial score (nSPS) is 28.2. The van der Waals surface area contributed by atoms with Crippen LogP contribution in [0.4, 0.5) is 10.7 Å². The topological polar surface area (TPSA) is 191 Å². The summed E-state index contributed by atoms with van der Waals surface area (Å²) in [7, 11) is 1.57. The van der Waals surface area contributed by atoms with Crippen LogP contribution >= 0.6 is 11.8 Å². The number of methoxy groups -OCH3 is 1. The van der Waals surface area contributed by atoms with Crippen LogP contribution in [-0.2, 0) is 38.1 Å². The Morgan fingerprint density at radius 3 is 2.52 bits per heavy atom. The fourth-order valence-electron chi connectivity index (χ4n) is 5.68. The summed E-state index contributed by atoms with van der Waals surface area (Å²) in [4.78, 5) is 57.4. The van der Waals surface area contributed by atoms with Crippen molar-refractivity contribution >= 4 is 41.4 Å². The van der Waals surface area contributed by atoms with Gasteiger partial charge in [-0.3, -0.25) is 25.0 Å². The first kappa shape index (κ1) is 35.7. The third-order valence-corrected chi connectivity index (χ3v) is 9.24. The van der Waals surface area contributed by atoms with Gasteiger partial charge in [-0.15, -0.1) is 0 Å². The van der Waals surface area contributed by atoms with Crippen molar-refractivity contribution in [1.29, 1.82) is 0 Å². The number of rotatable bonds is 13. The van der Waals surface area contributed by atoms with Crippen LogP contribution in [0.5, 0.6) is 5.88 Å². The molecule has 3 fully saturated rings. The fraction of sp³-hybridized carbons (Fsp3) is 0.677. The van der Waals surface area contributed by atoms with Crippen molar-refractivity contribution in [3.8, 4) is 5.88 Å². The highest BCUT2D eigenvalue weighted by atomic mass is 32.2. The number of amides is 3. The predicted octanol–water partition coefficient (Wildman–Crippen LogP) is 3.17. The minimum absolute atomic E-state index is 0.00445. The van der Waals surface area contributed by atoms with Gasteiger partial charge in [0.05, 0.1) is 24.4 Å². The molecule has 3 heterocycles. The van der Waals surface area contributed by atoms with Gasteiger partial charge in [0.2, 0.25) is 17.7 Å². The zero-order chi connectivity index (χ0) is 33.9. The number of epoxide rings is 2. The summed E-state index contributed by atoms with van der Waals surface area (Å²) in [5.74, 6) is -2.51. The molecule has 3 N–H and O–H groups in total. The second-order valence-electron chi connectivity index (χ2n) is 13.3. The lowest BCUT2D eigenvalue weighted by atomic mass is 9.68. The molecule has 1 spiro atoms. The molecule has 0 radical (unpaired) electrons. The van der Waals surface area contributed by atoms with Crippen molar-refractivity contribution in [2.45, 2.75) is 95.3 Å². The van der Waals surface area contributed by atoms with Gasteiger partial charge < -0.3 is 28.8 Å². The molecule has 4 rings (SSSR count). The van der Waals surface area contributed by atoms with E-state index in [9.17, 15) is 24.3 Å². The lowest BCUT2D eigenvalue weighted by molar-refractivity contribution is -0.133. The quantitative estimate of drug-likeness (QED) is 0.121. The van der Waals surface area contributed by atoms with E-state index in [0.29, 0.717) is 19.4 Å². The van der Waals surface area contributed by atoms with Gasteiger partial charge in [0.25, 0.3) is 5.91 Å². The van der Waals surface area contributed by atoms with Gasteiger partial charge in [-0.05, 0) is 40.0 Å². The first-order chi connectivity index (χ1) is 21.6. The molecule has 1 unspecified atom stereocenters. The number of nitrogens with zero attached hydrogens (tertiary/aromatic N) is 2. The van der Waals surface area contributed by atoms with Crippen molar-refractivity contribution in [2.75, 3.05) is 38.0 Å². The van der Waals surface area contributed by atoms with E-state index in [4.69, 9.17) is 23.7 Å². The molecule has 15 heteroatoms. The Morgan fingerprint density at radius 2 is 1.89 bits per heavy atom. The maximum Gasteiger partial charge on any atom is 0.414 e. The molecule has 254 valence electrons. The first-order valence-corrected chi connectivity index (χ1v) is 16.1. The number of carbonyl (C=O) groups is 4. The molecule has 6 atom stereocenters. The average molecular weight is 665 g/mol. The van der Waals surface area contributed by atoms with Crippen LogP contribution in [0.2, 0.25) is 0 Å². The number of aromatic nitrogens is 2. The number of thioether (sulfide) groups is 1. The maximum atomic E-state index is 12.8. The molecule has 1 aliphatic carbocycles. The minimum atomic E-state index is -0.907. The summed E-state index contributed by atoms with van der Waals surface area (Å²) in [6, 6.07) is 1.21. The molecule has 3 amide bonds. The van der Waals surface area contributed by atoms with Gasteiger partial charge in [0.15, 0.2) is 5.78 Å². The number of ether oxygens (including phenoxy) is 5. The Morgan fingerprint density at radius 1 is 1.17 bits per heavy atom. The molecule has 14 nitrogen and oxygen atoms in total. The maximum absolute atomic E-state index is 12.8. The number of hydrogen-bond donors (Lipinski definition) is 3. The van der Waals surface area contributed by atoms with E-state index in [2.05, 4.69) is 26.7 Å². The fourth-order valence-corrected chi connectivity index (χ4v) is 6.37. The third-order valence-electron chi connectivity index (χ3n) is 8.33. The van der Waals surface area contributed by atoms with Gasteiger partial charge in [-0.25, -0.2) is 9.78 Å². The van der Waals surface area contributed by atoms with Gasteiger partial charge in [0.1, 0.15) is 41.6 Å². The largest absolute Gasteiger partial charge is 0.493 e. The second kappa shape index (κ2) is 14.3. The van der Waals surface area contributed by atoms with Gasteiger partial charge >= 0.3 is 6.09 Å². The van der Waals surface area contributed by atoms with Crippen molar-refractivity contribution in [3.63, 3.8) is 0 Å². The number of ketones is 1. The summed E-state index contributed by atoms with van der Waals surface area (Å²) in [5.41, 5.74) is -0.260. The molecule has 1 saturated carbocycles. The minimum Gasteiger partial charge on any atom is -0.493 e. The third kappa shape index (κ3) is 9.03. The lowest BCUT2D eigenvalue weighted by Gasteiger charge is -2.42. The van der Waals surface area contributed by atoms with Crippen LogP contribution in [0.3, 0.4) is 0 Å². The summed E-state index contributed by atoms with van der Waals surface area (Å²) in [6.07, 6.45) is 2.08. The number of allylic oxidation sites excluding steroid dienone is 1. The average Bonchev–Trinajstić information content (AvgIpc) is 3.87. The molecule has 2 aliphatic heterocycles. The molecule has 1 aromatic heterocycles. The number of imide groups is 1. The van der Waals surface area contributed by atoms with E-state index in [0.717, 1.165) is 18.2 Å². The van der Waals surface area contributed by atoms with Gasteiger partial charge in [-0.1, -0.05) is 44.2 Å². The highest BCUT2D eigenvalue weighted by Crippen LogP contribution is 2.59. The highest BCUT2D eigenvalue weighted by molar-refractivity contribution is 7.99. The number of carbonyl (C=O) groups excluding carboxylic acids is 4. The molecule has 0 aromatic carbocycles. The summed E-state index contributed by atoms with van der Waals surface area (Å²) < 4.78 is 28.8. The Labute approximate surface area is 272 Å². The second-order valence-corrected chi connectivity index (χ2v) is 14.3. The molecular formula is C31H44N4O10S. The number of alkyl carbamates (subject to hydrolysis) is 1. The van der Waals surface area contributed by atoms with Crippen LogP contribution < -0.4 is 10.6 Å². The van der Waals surface area contributed by atoms with Crippen molar-refractivity contribution < 1.29 is 48.0 Å². The van der Waals surface area contributed by atoms with E-state index >= 15 is 0 Å². The number of anilines is 1. The highest BCUT2D eigenvalue weighted by Gasteiger charge is 2.72. The van der Waals surface area contributed by atoms with E-state index in [1.807, 2.05) is 20.8 Å². The zero-order valence-corrected chi connectivity index (χ0v) is 28.2. The van der Waals surface area contributed by atoms with Gasteiger partial charge in [0, 0.05) is 18.6 Å². The Kier molecular flexibility index (Phi) is 11.1. The molecular weight excluding hydrogens is 620 g/mol. The van der Waals surface area contributed by atoms with Gasteiger partial charge in [-0.2, -0.15) is 4.98 Å². The molecule has 1 aromatic rings. The predicted molar refractivity (Wildman–Crippen MR) is 166 cm³/mol. The number of nitrogens with one attached hydrogen (secondary N) is 2. The number of aromatic hydroxyl groups is 1. The van der Waals surface area contributed by atoms with E-state index in [1.165, 1.54) is 11.6 Å². The number of Topliss-reactive ketones (excluding diaryl/α,β-unsaturated/α-hetero) is 1. The van der Waals surface area contributed by atoms with Crippen LogP contribution in [0.25, 0.3) is 0 Å². The van der Waals surface area contributed by atoms with E-state index in [1.54, 1.807) is 27.9 Å². The molecule has 0 bridgehead atoms. The Hall–Kier alpha value is -3.11. The molecule has 2 saturated heterocycles. The summed E-state index contributed by atoms with van der Waals surface area (Å²) in [5, 5.41) is 14.8. The Bertz CT molecular complexity index is 1360. The van der Waals surface area contributed by atoms with Crippen LogP contribution in [0, 0.1) is 11.3 Å². The standard InChI is InChI=1S/C31H44N4O10S/c1-17(2)8-9-20-30(6,45-20)26-25(41-7)18(10-11-31(26)16-43-31)44-28(40)34-23(39)15-46-24-12-21(37)32-27(35-24)33-22(38)14-42-13-19(36)29(3,4)5/h8,12,18,20,25-26H,9-11,13-16H2,1-7H3,(H,34,39,40)(H2,32,33,35,37,38)/t18-,20-,25-,26-,30?,31+/m1/s1. The lowest BCUT2D eigenvalue weighted by Crippen LogP contribution is -2.56. The molecule has 3 aliphatic rings. The number of hydrogen-bond acceptors (Lipinski definition) is 13. The van der Waals surface area contributed by atoms with Crippen LogP contribution in [0.15, 0.2) is 22.7 Å². The summed E-state index contributed by atoms with van der Waals surface area (Å²) >= 11 is 0.908. The smallest absolute Gasteiger partial charge is 0.414 e. The van der Waals surface area contributed by atoms with E-state index in [-0.39, 0.29) is 46.7 Å². The van der Waals surface area contributed by atoms with Crippen molar-refractivity contribution in [1.82, 2.24) is 15.3 Å². The monoisotopic (exact) mass is 664 g/mol. The van der Waals surface area contributed by atoms with E-state index < -0.39 is 53.6 Å². The van der Waals surface area contributed by atoms with Crippen molar-refractivity contribution in [3.05, 3.63) is 17.7 Å². The zero-order valence-electron chi connectivity index (χ0n) is 27.3. The first-order valence-electron chi connectivity index (χ1n) is 15.2. The van der Waals surface area contributed by atoms with Crippen LogP contribution in [0.1, 0.15) is 60.8 Å². The SMILES string of the molecule is CO[C@H]1[C@H](C2(C)O[C@@H]2CC=C(C)C)[C@]2(CC[C@H]1OC(=O)NC(=O)CSc1cc(O)nc(NC(=O)COCC(=O)C(C)(C)C)n1)CO2. The van der Waals surface area contributed by atoms with Crippen molar-refractivity contribution in [2.24, 2.45) is 11.3 Å². The Balaban J connectivity index is 1.26.